The summed E-state index contributed by atoms with van der Waals surface area (Å²) in [6.45, 7) is 1.90. The zero-order chi connectivity index (χ0) is 46.4. The molecule has 0 aromatic carbocycles. The summed E-state index contributed by atoms with van der Waals surface area (Å²) in [5.74, 6) is 1.65. The molecule has 0 aromatic heterocycles. The van der Waals surface area contributed by atoms with Gasteiger partial charge in [0.1, 0.15) is 12.6 Å². The van der Waals surface area contributed by atoms with Gasteiger partial charge in [0.25, 0.3) is 0 Å². The van der Waals surface area contributed by atoms with E-state index in [-0.39, 0.29) is 176 Å². The molecule has 0 radical (unpaired) electrons. The smallest absolute Gasteiger partial charge is 0.396 e. The maximum Gasteiger partial charge on any atom is 2.00 e. The number of hydrogen-bond donors (Lipinski definition) is 1. The second kappa shape index (κ2) is 98.3. The van der Waals surface area contributed by atoms with Crippen LogP contribution in [0.15, 0.2) is 0 Å². The fraction of sp³-hybridized carbons (Fsp3) is 0.821. The van der Waals surface area contributed by atoms with Gasteiger partial charge < -0.3 is 93.7 Å². The number of halogens is 4. The Bertz CT molecular complexity index is 839. The molecule has 80 heavy (non-hydrogen) atoms. The number of hydrogen-bond acceptors (Lipinski definition) is 4. The van der Waals surface area contributed by atoms with Crippen molar-refractivity contribution < 1.29 is 108 Å². The average molecular weight is 1430 g/mol. The van der Waals surface area contributed by atoms with E-state index in [1.54, 1.807) is 0 Å². The third kappa shape index (κ3) is 87.5. The molecule has 10 saturated carbocycles. The van der Waals surface area contributed by atoms with E-state index >= 15 is 0 Å². The standard InChI is InChI=1S/C9H18O2.2C6H10O.4C5H9Cl.3C5H10.CH4.10CH3.5Fe.2H2/c10-6-3-7-11-8-9-4-1-2-5-9;2*7-5-6-3-1-2-4-6;4*6-5-3-1-2-4-5;3*1-2-4-5-3-1;;;;;;;;;;;;;;;;;;/h9-10H,1-8H2;2*5-6H,1-4H2;4*5H,1-4H2;3*1-5H2;1H4;10*1H3;;;;;;2*1H/q;;;;;;;;;;;10*-1;5*+2;;/i;;;;;;;;;;;;;;;;;;;;;;;;;;2*1+1. The molecule has 10 fully saturated rings. The van der Waals surface area contributed by atoms with Crippen molar-refractivity contribution in [3.05, 3.63) is 74.3 Å². The molecule has 0 aliphatic heterocycles. The molecule has 502 valence electrons. The predicted molar refractivity (Wildman–Crippen MR) is 357 cm³/mol. The van der Waals surface area contributed by atoms with Crippen LogP contribution in [0.3, 0.4) is 0 Å². The van der Waals surface area contributed by atoms with Crippen LogP contribution in [0.25, 0.3) is 0 Å². The summed E-state index contributed by atoms with van der Waals surface area (Å²) in [6, 6.07) is 0. The van der Waals surface area contributed by atoms with Crippen molar-refractivity contribution >= 4 is 59.0 Å². The number of carbonyl (C=O) groups is 2. The normalized spacial score (nSPS) is 18.8. The predicted octanol–water partition coefficient (Wildman–Crippen LogP) is 24.5. The van der Waals surface area contributed by atoms with Gasteiger partial charge in [-0.25, -0.2) is 0 Å². The van der Waals surface area contributed by atoms with Crippen LogP contribution in [0.1, 0.15) is 293 Å². The molecule has 1 N–H and O–H groups in total. The van der Waals surface area contributed by atoms with Crippen molar-refractivity contribution in [1.29, 1.82) is 0 Å². The van der Waals surface area contributed by atoms with E-state index in [4.69, 9.17) is 56.2 Å². The summed E-state index contributed by atoms with van der Waals surface area (Å²) in [7, 11) is 0. The van der Waals surface area contributed by atoms with Crippen LogP contribution in [0.5, 0.6) is 0 Å². The molecular weight excluding hydrogens is 1290 g/mol. The molecule has 4 nitrogen and oxygen atoms in total. The van der Waals surface area contributed by atoms with Gasteiger partial charge in [0.05, 0.1) is 0 Å². The van der Waals surface area contributed by atoms with Gasteiger partial charge in [-0.1, -0.05) is 194 Å². The number of aliphatic hydroxyl groups is 1. The SMILES string of the molecule is C.C1CCCC1.C1CCCC1.C1CCCC1.ClC1CCCC1.ClC1CCCC1.ClC1CCCC1.ClC1CCCC1.O=CC1CCCC1.O=CC1CCCC1.OCCCOCC1CCCC1.[2HH].[2HH].[CH3-].[CH3-].[CH3-].[CH3-].[CH3-].[CH3-].[CH3-].[CH3-].[CH3-].[CH3-].[Fe+2].[Fe+2].[Fe+2].[Fe+2].[Fe+2]. The summed E-state index contributed by atoms with van der Waals surface area (Å²) in [4.78, 5) is 20.0. The second-order valence-electron chi connectivity index (χ2n) is 20.5. The fourth-order valence-electron chi connectivity index (χ4n) is 9.94. The van der Waals surface area contributed by atoms with Gasteiger partial charge in [-0.05, 0) is 102 Å². The van der Waals surface area contributed by atoms with E-state index in [1.165, 1.54) is 250 Å². The summed E-state index contributed by atoms with van der Waals surface area (Å²) >= 11 is 22.8. The van der Waals surface area contributed by atoms with E-state index in [9.17, 15) is 9.59 Å². The maximum atomic E-state index is 10.0. The van der Waals surface area contributed by atoms with Crippen LogP contribution < -0.4 is 0 Å². The molecule has 0 bridgehead atoms. The van der Waals surface area contributed by atoms with Gasteiger partial charge in [0.2, 0.25) is 0 Å². The van der Waals surface area contributed by atoms with E-state index in [0.717, 1.165) is 63.8 Å². The van der Waals surface area contributed by atoms with Crippen LogP contribution in [-0.2, 0) is 99.7 Å². The molecule has 10 rings (SSSR count). The van der Waals surface area contributed by atoms with Crippen molar-refractivity contribution in [1.82, 2.24) is 0 Å². The molecule has 13 heteroatoms. The van der Waals surface area contributed by atoms with E-state index in [1.807, 2.05) is 0 Å². The Balaban J connectivity index is -0.0000000341. The Labute approximate surface area is 584 Å². The second-order valence-corrected chi connectivity index (χ2v) is 23.0. The first-order valence-electron chi connectivity index (χ1n) is 28.0. The molecule has 0 amide bonds. The van der Waals surface area contributed by atoms with Crippen LogP contribution >= 0.6 is 46.4 Å². The summed E-state index contributed by atoms with van der Waals surface area (Å²) < 4.78 is 5.40. The quantitative estimate of drug-likeness (QED) is 0.0907. The Morgan fingerprint density at radius 2 is 0.500 bits per heavy atom. The Hall–Kier alpha value is 3.02. The van der Waals surface area contributed by atoms with E-state index in [2.05, 4.69) is 0 Å². The minimum Gasteiger partial charge on any atom is -0.396 e. The van der Waals surface area contributed by atoms with E-state index < -0.39 is 0 Å². The van der Waals surface area contributed by atoms with Crippen LogP contribution in [-0.4, -0.2) is 59.0 Å². The fourth-order valence-corrected chi connectivity index (χ4v) is 11.2. The monoisotopic (exact) mass is 1430 g/mol. The maximum absolute atomic E-state index is 10.0. The molecule has 0 saturated heterocycles. The molecule has 0 spiro atoms. The van der Waals surface area contributed by atoms with Crippen LogP contribution in [0.4, 0.5) is 0 Å². The number of aliphatic hydroxyl groups excluding tert-OH is 1. The number of ether oxygens (including phenoxy) is 1. The van der Waals surface area contributed by atoms with Gasteiger partial charge in [-0.15, -0.1) is 46.4 Å². The first-order valence-corrected chi connectivity index (χ1v) is 29.8. The average Bonchev–Trinajstić information content (AvgIpc) is 4.16. The first-order chi connectivity index (χ1) is 31.4. The van der Waals surface area contributed by atoms with Crippen LogP contribution in [0.2, 0.25) is 0 Å². The molecule has 0 heterocycles. The third-order valence-electron chi connectivity index (χ3n) is 14.3. The molecule has 0 aromatic rings. The van der Waals surface area contributed by atoms with Crippen LogP contribution in [0, 0.1) is 92.0 Å². The zero-order valence-electron chi connectivity index (χ0n) is 53.4. The summed E-state index contributed by atoms with van der Waals surface area (Å²) in [5, 5.41) is 10.6. The van der Waals surface area contributed by atoms with Gasteiger partial charge in [0.15, 0.2) is 0 Å². The van der Waals surface area contributed by atoms with Crippen molar-refractivity contribution in [2.45, 2.75) is 311 Å². The Morgan fingerprint density at radius 1 is 0.325 bits per heavy atom. The number of carbonyl (C=O) groups excluding carboxylic acids is 2. The Kier molecular flexibility index (Phi) is 153. The molecular formula is C67H142Cl4Fe5O4. The summed E-state index contributed by atoms with van der Waals surface area (Å²) in [6.07, 6.45) is 61.4. The Morgan fingerprint density at radius 3 is 0.637 bits per heavy atom. The third-order valence-corrected chi connectivity index (χ3v) is 16.1. The minimum atomic E-state index is 0. The molecule has 0 unspecified atom stereocenters. The zero-order valence-corrected chi connectivity index (χ0v) is 61.9. The number of aldehydes is 2. The molecule has 10 aliphatic carbocycles. The number of alkyl halides is 4. The van der Waals surface area contributed by atoms with Crippen molar-refractivity contribution in [2.24, 2.45) is 17.8 Å². The topological polar surface area (TPSA) is 63.6 Å². The van der Waals surface area contributed by atoms with Gasteiger partial charge in [0, 0.05) is 56.0 Å². The minimum absolute atomic E-state index is 0. The first kappa shape index (κ1) is 124. The van der Waals surface area contributed by atoms with Crippen molar-refractivity contribution in [3.63, 3.8) is 0 Å². The summed E-state index contributed by atoms with van der Waals surface area (Å²) in [5.41, 5.74) is 0. The molecule has 10 aliphatic rings. The largest absolute Gasteiger partial charge is 2.00 e. The van der Waals surface area contributed by atoms with Crippen molar-refractivity contribution in [3.8, 4) is 0 Å². The number of rotatable bonds is 7. The van der Waals surface area contributed by atoms with Crippen molar-refractivity contribution in [2.75, 3.05) is 19.8 Å². The van der Waals surface area contributed by atoms with Gasteiger partial charge in [-0.2, -0.15) is 0 Å². The van der Waals surface area contributed by atoms with Gasteiger partial charge in [-0.3, -0.25) is 0 Å². The van der Waals surface area contributed by atoms with Gasteiger partial charge >= 0.3 is 85.3 Å². The van der Waals surface area contributed by atoms with E-state index in [0.29, 0.717) is 33.3 Å². The molecule has 0 atom stereocenters.